The Labute approximate surface area is 241 Å². The van der Waals surface area contributed by atoms with Gasteiger partial charge in [0.05, 0.1) is 17.7 Å². The second-order valence-corrected chi connectivity index (χ2v) is 11.4. The lowest BCUT2D eigenvalue weighted by Crippen LogP contribution is -2.32. The highest BCUT2D eigenvalue weighted by molar-refractivity contribution is 7.89. The number of hydrogen-bond acceptors (Lipinski definition) is 6. The van der Waals surface area contributed by atoms with E-state index in [1.807, 2.05) is 6.92 Å². The number of furan rings is 1. The van der Waals surface area contributed by atoms with Crippen molar-refractivity contribution in [3.05, 3.63) is 118 Å². The van der Waals surface area contributed by atoms with Crippen LogP contribution in [0.3, 0.4) is 0 Å². The molecule has 0 bridgehead atoms. The molecule has 0 atom stereocenters. The van der Waals surface area contributed by atoms with E-state index >= 15 is 0 Å². The number of benzene rings is 3. The molecule has 4 rings (SSSR count). The van der Waals surface area contributed by atoms with Gasteiger partial charge in [0.25, 0.3) is 0 Å². The number of sulfonamides is 1. The smallest absolute Gasteiger partial charge is 0.329 e. The van der Waals surface area contributed by atoms with Gasteiger partial charge in [-0.25, -0.2) is 13.8 Å². The van der Waals surface area contributed by atoms with Crippen LogP contribution in [0.15, 0.2) is 99.3 Å². The van der Waals surface area contributed by atoms with Crippen LogP contribution in [0, 0.1) is 6.92 Å². The van der Waals surface area contributed by atoms with Crippen molar-refractivity contribution in [3.8, 4) is 0 Å². The summed E-state index contributed by atoms with van der Waals surface area (Å²) in [5.41, 5.74) is 4.07. The largest absolute Gasteiger partial charge is 0.459 e. The molecule has 40 heavy (non-hydrogen) atoms. The Kier molecular flexibility index (Phi) is 9.38. The summed E-state index contributed by atoms with van der Waals surface area (Å²) in [7, 11) is -3.95. The van der Waals surface area contributed by atoms with Gasteiger partial charge in [-0.2, -0.15) is 9.41 Å². The number of amides is 2. The van der Waals surface area contributed by atoms with Crippen LogP contribution in [0.5, 0.6) is 0 Å². The summed E-state index contributed by atoms with van der Waals surface area (Å²) in [5, 5.41) is 6.96. The maximum atomic E-state index is 13.6. The zero-order valence-electron chi connectivity index (χ0n) is 21.2. The van der Waals surface area contributed by atoms with Gasteiger partial charge in [0.15, 0.2) is 0 Å². The number of para-hydroxylation sites is 1. The summed E-state index contributed by atoms with van der Waals surface area (Å²) in [6.07, 6.45) is 1.20. The summed E-state index contributed by atoms with van der Waals surface area (Å²) in [4.78, 5) is 24.1. The highest BCUT2D eigenvalue weighted by atomic mass is 35.5. The molecule has 1 aromatic heterocycles. The molecular formula is C28H24Cl2N4O5S. The van der Waals surface area contributed by atoms with Gasteiger partial charge in [-0.15, -0.1) is 0 Å². The molecule has 9 nitrogen and oxygen atoms in total. The summed E-state index contributed by atoms with van der Waals surface area (Å²) >= 11 is 12.3. The van der Waals surface area contributed by atoms with Crippen molar-refractivity contribution in [2.75, 3.05) is 5.32 Å². The Bertz CT molecular complexity index is 1640. The maximum absolute atomic E-state index is 13.6. The first kappa shape index (κ1) is 29.0. The second-order valence-electron chi connectivity index (χ2n) is 8.65. The lowest BCUT2D eigenvalue weighted by Gasteiger charge is -2.22. The van der Waals surface area contributed by atoms with Crippen LogP contribution >= 0.6 is 23.2 Å². The summed E-state index contributed by atoms with van der Waals surface area (Å²) < 4.78 is 34.1. The van der Waals surface area contributed by atoms with E-state index in [0.717, 1.165) is 5.56 Å². The van der Waals surface area contributed by atoms with Gasteiger partial charge in [0.2, 0.25) is 10.0 Å². The van der Waals surface area contributed by atoms with E-state index < -0.39 is 21.8 Å². The first-order chi connectivity index (χ1) is 19.1. The van der Waals surface area contributed by atoms with Crippen molar-refractivity contribution < 1.29 is 22.4 Å². The molecule has 0 unspecified atom stereocenters. The van der Waals surface area contributed by atoms with Gasteiger partial charge in [-0.1, -0.05) is 65.2 Å². The third-order valence-electron chi connectivity index (χ3n) is 5.63. The van der Waals surface area contributed by atoms with E-state index in [0.29, 0.717) is 27.1 Å². The highest BCUT2D eigenvalue weighted by Gasteiger charge is 2.27. The summed E-state index contributed by atoms with van der Waals surface area (Å²) in [6, 6.07) is 23.0. The number of rotatable bonds is 9. The van der Waals surface area contributed by atoms with Crippen LogP contribution in [0.2, 0.25) is 10.0 Å². The third-order valence-corrected chi connectivity index (χ3v) is 8.02. The number of nitrogens with zero attached hydrogens (tertiary/aromatic N) is 2. The molecule has 0 aliphatic carbocycles. The number of nitrogens with one attached hydrogen (secondary N) is 2. The van der Waals surface area contributed by atoms with Gasteiger partial charge < -0.3 is 9.73 Å². The molecule has 0 saturated heterocycles. The van der Waals surface area contributed by atoms with Crippen molar-refractivity contribution in [1.82, 2.24) is 9.73 Å². The van der Waals surface area contributed by atoms with Crippen molar-refractivity contribution in [3.63, 3.8) is 0 Å². The van der Waals surface area contributed by atoms with Crippen molar-refractivity contribution in [2.24, 2.45) is 5.10 Å². The lowest BCUT2D eigenvalue weighted by atomic mass is 10.2. The number of anilines is 1. The number of aryl methyl sites for hydroxylation is 1. The van der Waals surface area contributed by atoms with E-state index in [1.54, 1.807) is 72.8 Å². The first-order valence-corrected chi connectivity index (χ1v) is 14.1. The first-order valence-electron chi connectivity index (χ1n) is 11.9. The van der Waals surface area contributed by atoms with E-state index in [-0.39, 0.29) is 23.7 Å². The van der Waals surface area contributed by atoms with Crippen LogP contribution in [0.4, 0.5) is 5.69 Å². The minimum absolute atomic E-state index is 0.0388. The van der Waals surface area contributed by atoms with Gasteiger partial charge >= 0.3 is 11.8 Å². The monoisotopic (exact) mass is 598 g/mol. The Morgan fingerprint density at radius 2 is 1.65 bits per heavy atom. The molecule has 0 saturated carbocycles. The molecular weight excluding hydrogens is 575 g/mol. The molecule has 0 radical (unpaired) electrons. The van der Waals surface area contributed by atoms with Gasteiger partial charge in [-0.05, 0) is 61.0 Å². The molecule has 4 aromatic rings. The maximum Gasteiger partial charge on any atom is 0.329 e. The predicted molar refractivity (Wildman–Crippen MR) is 154 cm³/mol. The predicted octanol–water partition coefficient (Wildman–Crippen LogP) is 5.37. The van der Waals surface area contributed by atoms with Gasteiger partial charge in [0.1, 0.15) is 11.5 Å². The number of carbonyl (C=O) groups excluding carboxylic acids is 2. The van der Waals surface area contributed by atoms with Crippen LogP contribution in [0.25, 0.3) is 0 Å². The lowest BCUT2D eigenvalue weighted by molar-refractivity contribution is -0.136. The van der Waals surface area contributed by atoms with E-state index in [2.05, 4.69) is 15.8 Å². The van der Waals surface area contributed by atoms with E-state index in [1.165, 1.54) is 22.7 Å². The van der Waals surface area contributed by atoms with Crippen molar-refractivity contribution in [1.29, 1.82) is 0 Å². The third kappa shape index (κ3) is 7.57. The number of halogens is 2. The molecule has 0 aliphatic rings. The minimum atomic E-state index is -3.95. The van der Waals surface area contributed by atoms with Gasteiger partial charge in [0, 0.05) is 22.3 Å². The zero-order valence-corrected chi connectivity index (χ0v) is 23.5. The highest BCUT2D eigenvalue weighted by Crippen LogP contribution is 2.27. The van der Waals surface area contributed by atoms with Crippen LogP contribution in [-0.2, 0) is 32.7 Å². The van der Waals surface area contributed by atoms with Crippen LogP contribution in [0.1, 0.15) is 22.6 Å². The molecule has 2 N–H and O–H groups in total. The average Bonchev–Trinajstić information content (AvgIpc) is 3.37. The van der Waals surface area contributed by atoms with E-state index in [9.17, 15) is 18.0 Å². The van der Waals surface area contributed by atoms with Crippen LogP contribution in [-0.4, -0.2) is 30.8 Å². The molecule has 0 aliphatic heterocycles. The van der Waals surface area contributed by atoms with Gasteiger partial charge in [-0.3, -0.25) is 9.59 Å². The van der Waals surface area contributed by atoms with Crippen molar-refractivity contribution >= 4 is 56.9 Å². The Morgan fingerprint density at radius 1 is 0.925 bits per heavy atom. The van der Waals surface area contributed by atoms with E-state index in [4.69, 9.17) is 27.6 Å². The topological polar surface area (TPSA) is 121 Å². The quantitative estimate of drug-likeness (QED) is 0.152. The van der Waals surface area contributed by atoms with Crippen molar-refractivity contribution in [2.45, 2.75) is 24.9 Å². The standard InChI is InChI=1S/C28H24Cl2N4O5S/c1-19-7-13-25(14-8-19)40(37,38)34(17-20-9-10-21(29)15-26(20)30)18-24-12-11-23(39-24)16-31-33-28(36)27(35)32-22-5-3-2-4-6-22/h2-16H,17-18H2,1H3,(H,32,35)(H,33,36)/b31-16+. The Hall–Kier alpha value is -3.96. The fourth-order valence-electron chi connectivity index (χ4n) is 3.56. The zero-order chi connectivity index (χ0) is 28.7. The summed E-state index contributed by atoms with van der Waals surface area (Å²) in [5.74, 6) is -1.31. The molecule has 0 fully saturated rings. The number of hydrogen-bond donors (Lipinski definition) is 2. The normalized spacial score (nSPS) is 11.6. The number of hydrazone groups is 1. The Morgan fingerprint density at radius 3 is 2.35 bits per heavy atom. The average molecular weight is 599 g/mol. The molecule has 2 amide bonds. The Balaban J connectivity index is 1.47. The molecule has 0 spiro atoms. The molecule has 1 heterocycles. The second kappa shape index (κ2) is 12.9. The fourth-order valence-corrected chi connectivity index (χ4v) is 5.42. The molecule has 12 heteroatoms. The number of carbonyl (C=O) groups is 2. The minimum Gasteiger partial charge on any atom is -0.459 e. The fraction of sp³-hybridized carbons (Fsp3) is 0.107. The SMILES string of the molecule is Cc1ccc(S(=O)(=O)N(Cc2ccc(/C=N/NC(=O)C(=O)Nc3ccccc3)o2)Cc2ccc(Cl)cc2Cl)cc1. The molecule has 3 aromatic carbocycles. The summed E-state index contributed by atoms with van der Waals surface area (Å²) in [6.45, 7) is 1.71. The van der Waals surface area contributed by atoms with Crippen LogP contribution < -0.4 is 10.7 Å². The molecule has 206 valence electrons.